The molecule has 0 spiro atoms. The Kier molecular flexibility index (Phi) is 5.68. The SMILES string of the molecule is COc1ccccc1-n1c(-c2ccccc2)cnc1SCCS(C)(=O)=O. The fourth-order valence-corrected chi connectivity index (χ4v) is 4.76. The number of para-hydroxylation sites is 2. The zero-order valence-electron chi connectivity index (χ0n) is 14.6. The molecule has 0 amide bonds. The molecule has 2 aromatic carbocycles. The quantitative estimate of drug-likeness (QED) is 0.578. The highest BCUT2D eigenvalue weighted by atomic mass is 32.2. The van der Waals surface area contributed by atoms with Gasteiger partial charge in [-0.05, 0) is 12.1 Å². The predicted octanol–water partition coefficient (Wildman–Crippen LogP) is 3.68. The summed E-state index contributed by atoms with van der Waals surface area (Å²) in [6.45, 7) is 0. The van der Waals surface area contributed by atoms with Crippen LogP contribution in [0.5, 0.6) is 5.75 Å². The van der Waals surface area contributed by atoms with Gasteiger partial charge in [-0.15, -0.1) is 0 Å². The summed E-state index contributed by atoms with van der Waals surface area (Å²) in [7, 11) is -1.38. The van der Waals surface area contributed by atoms with Crippen LogP contribution in [-0.4, -0.2) is 42.8 Å². The van der Waals surface area contributed by atoms with Crippen molar-refractivity contribution in [2.24, 2.45) is 0 Å². The Bertz CT molecular complexity index is 983. The highest BCUT2D eigenvalue weighted by molar-refractivity contribution is 8.00. The zero-order chi connectivity index (χ0) is 18.6. The van der Waals surface area contributed by atoms with Crippen LogP contribution >= 0.6 is 11.8 Å². The van der Waals surface area contributed by atoms with E-state index in [1.165, 1.54) is 18.0 Å². The van der Waals surface area contributed by atoms with E-state index in [-0.39, 0.29) is 5.75 Å². The van der Waals surface area contributed by atoms with Crippen molar-refractivity contribution in [3.63, 3.8) is 0 Å². The first kappa shape index (κ1) is 18.5. The maximum atomic E-state index is 11.4. The van der Waals surface area contributed by atoms with Gasteiger partial charge >= 0.3 is 0 Å². The van der Waals surface area contributed by atoms with E-state index in [0.29, 0.717) is 5.75 Å². The number of sulfone groups is 1. The van der Waals surface area contributed by atoms with Gasteiger partial charge in [0.15, 0.2) is 5.16 Å². The highest BCUT2D eigenvalue weighted by Gasteiger charge is 2.17. The second-order valence-electron chi connectivity index (χ2n) is 5.78. The van der Waals surface area contributed by atoms with Gasteiger partial charge in [0.05, 0.1) is 30.4 Å². The van der Waals surface area contributed by atoms with Gasteiger partial charge in [0.2, 0.25) is 0 Å². The lowest BCUT2D eigenvalue weighted by Gasteiger charge is -2.15. The van der Waals surface area contributed by atoms with Crippen molar-refractivity contribution in [3.8, 4) is 22.7 Å². The van der Waals surface area contributed by atoms with Crippen LogP contribution in [0.4, 0.5) is 0 Å². The summed E-state index contributed by atoms with van der Waals surface area (Å²) in [5, 5.41) is 0.733. The summed E-state index contributed by atoms with van der Waals surface area (Å²) < 4.78 is 30.4. The topological polar surface area (TPSA) is 61.2 Å². The number of imidazole rings is 1. The molecule has 26 heavy (non-hydrogen) atoms. The Labute approximate surface area is 158 Å². The van der Waals surface area contributed by atoms with E-state index in [2.05, 4.69) is 4.98 Å². The molecule has 136 valence electrons. The van der Waals surface area contributed by atoms with Gasteiger partial charge in [0.1, 0.15) is 15.6 Å². The van der Waals surface area contributed by atoms with Crippen molar-refractivity contribution in [1.82, 2.24) is 9.55 Å². The summed E-state index contributed by atoms with van der Waals surface area (Å²) in [6.07, 6.45) is 3.06. The van der Waals surface area contributed by atoms with Crippen molar-refractivity contribution in [1.29, 1.82) is 0 Å². The molecule has 0 bridgehead atoms. The summed E-state index contributed by atoms with van der Waals surface area (Å²) in [6, 6.07) is 17.7. The number of thioether (sulfide) groups is 1. The molecular formula is C19H20N2O3S2. The van der Waals surface area contributed by atoms with E-state index >= 15 is 0 Å². The van der Waals surface area contributed by atoms with Gasteiger partial charge in [-0.25, -0.2) is 13.4 Å². The van der Waals surface area contributed by atoms with E-state index in [9.17, 15) is 8.42 Å². The number of hydrogen-bond acceptors (Lipinski definition) is 5. The third kappa shape index (κ3) is 4.28. The fourth-order valence-electron chi connectivity index (χ4n) is 2.58. The Morgan fingerprint density at radius 1 is 1.08 bits per heavy atom. The molecule has 0 unspecified atom stereocenters. The van der Waals surface area contributed by atoms with Crippen LogP contribution in [0.3, 0.4) is 0 Å². The molecule has 3 aromatic rings. The molecule has 5 nitrogen and oxygen atoms in total. The average molecular weight is 389 g/mol. The van der Waals surface area contributed by atoms with Crippen LogP contribution in [0.2, 0.25) is 0 Å². The summed E-state index contributed by atoms with van der Waals surface area (Å²) >= 11 is 1.42. The lowest BCUT2D eigenvalue weighted by atomic mass is 10.1. The van der Waals surface area contributed by atoms with Gasteiger partial charge in [0.25, 0.3) is 0 Å². The van der Waals surface area contributed by atoms with Crippen LogP contribution in [0, 0.1) is 0 Å². The molecular weight excluding hydrogens is 368 g/mol. The van der Waals surface area contributed by atoms with Crippen LogP contribution in [0.15, 0.2) is 66.0 Å². The molecule has 0 saturated carbocycles. The Morgan fingerprint density at radius 2 is 1.77 bits per heavy atom. The average Bonchev–Trinajstić information content (AvgIpc) is 3.05. The largest absolute Gasteiger partial charge is 0.495 e. The monoisotopic (exact) mass is 388 g/mol. The first-order chi connectivity index (χ1) is 12.5. The van der Waals surface area contributed by atoms with Crippen LogP contribution in [-0.2, 0) is 9.84 Å². The van der Waals surface area contributed by atoms with Gasteiger partial charge < -0.3 is 4.74 Å². The van der Waals surface area contributed by atoms with Crippen molar-refractivity contribution < 1.29 is 13.2 Å². The van der Waals surface area contributed by atoms with E-state index in [1.54, 1.807) is 7.11 Å². The molecule has 0 N–H and O–H groups in total. The first-order valence-corrected chi connectivity index (χ1v) is 11.1. The van der Waals surface area contributed by atoms with Crippen LogP contribution in [0.1, 0.15) is 0 Å². The molecule has 0 radical (unpaired) electrons. The molecule has 0 aliphatic heterocycles. The van der Waals surface area contributed by atoms with Crippen LogP contribution in [0.25, 0.3) is 16.9 Å². The van der Waals surface area contributed by atoms with E-state index in [0.717, 1.165) is 27.9 Å². The van der Waals surface area contributed by atoms with Crippen molar-refractivity contribution in [2.75, 3.05) is 24.9 Å². The van der Waals surface area contributed by atoms with Gasteiger partial charge in [0, 0.05) is 17.6 Å². The Morgan fingerprint density at radius 3 is 2.46 bits per heavy atom. The zero-order valence-corrected chi connectivity index (χ0v) is 16.3. The second kappa shape index (κ2) is 7.97. The van der Waals surface area contributed by atoms with Crippen LogP contribution < -0.4 is 4.74 Å². The van der Waals surface area contributed by atoms with Gasteiger partial charge in [-0.1, -0.05) is 54.2 Å². The third-order valence-electron chi connectivity index (χ3n) is 3.81. The first-order valence-electron chi connectivity index (χ1n) is 8.06. The normalized spacial score (nSPS) is 11.5. The molecule has 0 aliphatic rings. The predicted molar refractivity (Wildman–Crippen MR) is 106 cm³/mol. The molecule has 0 atom stereocenters. The second-order valence-corrected chi connectivity index (χ2v) is 9.10. The highest BCUT2D eigenvalue weighted by Crippen LogP contribution is 2.33. The minimum atomic E-state index is -3.01. The summed E-state index contributed by atoms with van der Waals surface area (Å²) in [4.78, 5) is 4.54. The molecule has 0 fully saturated rings. The van der Waals surface area contributed by atoms with E-state index in [4.69, 9.17) is 4.74 Å². The molecule has 7 heteroatoms. The number of aromatic nitrogens is 2. The Balaban J connectivity index is 2.07. The molecule has 1 heterocycles. The van der Waals surface area contributed by atoms with E-state index < -0.39 is 9.84 Å². The standard InChI is InChI=1S/C19H20N2O3S2/c1-24-18-11-7-6-10-16(18)21-17(15-8-4-3-5-9-15)14-20-19(21)25-12-13-26(2,22)23/h3-11,14H,12-13H2,1-2H3. The summed E-state index contributed by atoms with van der Waals surface area (Å²) in [5.74, 6) is 1.28. The van der Waals surface area contributed by atoms with Crippen molar-refractivity contribution >= 4 is 21.6 Å². The maximum absolute atomic E-state index is 11.4. The summed E-state index contributed by atoms with van der Waals surface area (Å²) in [5.41, 5.74) is 2.83. The maximum Gasteiger partial charge on any atom is 0.173 e. The molecule has 3 rings (SSSR count). The number of hydrogen-bond donors (Lipinski definition) is 0. The minimum Gasteiger partial charge on any atom is -0.495 e. The number of methoxy groups -OCH3 is 1. The number of rotatable bonds is 7. The third-order valence-corrected chi connectivity index (χ3v) is 5.97. The lowest BCUT2D eigenvalue weighted by Crippen LogP contribution is -2.07. The smallest absolute Gasteiger partial charge is 0.173 e. The number of benzene rings is 2. The van der Waals surface area contributed by atoms with E-state index in [1.807, 2.05) is 65.4 Å². The molecule has 0 aliphatic carbocycles. The van der Waals surface area contributed by atoms with Crippen molar-refractivity contribution in [3.05, 3.63) is 60.8 Å². The fraction of sp³-hybridized carbons (Fsp3) is 0.211. The minimum absolute atomic E-state index is 0.108. The lowest BCUT2D eigenvalue weighted by molar-refractivity contribution is 0.412. The molecule has 1 aromatic heterocycles. The molecule has 0 saturated heterocycles. The van der Waals surface area contributed by atoms with Gasteiger partial charge in [-0.2, -0.15) is 0 Å². The number of ether oxygens (including phenoxy) is 1. The Hall–Kier alpha value is -2.25. The van der Waals surface area contributed by atoms with Crippen molar-refractivity contribution in [2.45, 2.75) is 5.16 Å². The number of nitrogens with zero attached hydrogens (tertiary/aromatic N) is 2. The van der Waals surface area contributed by atoms with Gasteiger partial charge in [-0.3, -0.25) is 4.57 Å².